The fraction of sp³-hybridized carbons (Fsp3) is 0.250. The minimum Gasteiger partial charge on any atom is -0.400 e. The Morgan fingerprint density at radius 3 is 2.41 bits per heavy atom. The third-order valence-corrected chi connectivity index (χ3v) is 2.39. The molecule has 0 aliphatic rings. The van der Waals surface area contributed by atoms with E-state index in [1.54, 1.807) is 6.20 Å². The molecule has 0 amide bonds. The molecule has 17 heavy (non-hydrogen) atoms. The minimum atomic E-state index is -0.00633. The summed E-state index contributed by atoms with van der Waals surface area (Å²) in [5.41, 5.74) is 1.87. The van der Waals surface area contributed by atoms with Gasteiger partial charge in [0.25, 0.3) is 0 Å². The molecule has 2 aromatic rings. The topological polar surface area (TPSA) is 69.1 Å². The summed E-state index contributed by atoms with van der Waals surface area (Å²) in [7, 11) is 1.00. The number of aromatic nitrogens is 2. The molecule has 92 valence electrons. The molecule has 0 aliphatic heterocycles. The summed E-state index contributed by atoms with van der Waals surface area (Å²) in [5.74, 6) is 0.848. The summed E-state index contributed by atoms with van der Waals surface area (Å²) >= 11 is 5.78. The molecule has 0 fully saturated rings. The molecule has 0 aliphatic carbocycles. The SMILES string of the molecule is CO.OCc1cnc(Cc2ccc(Cl)cc2)[nH]1. The second-order valence-corrected chi connectivity index (χ2v) is 3.75. The van der Waals surface area contributed by atoms with E-state index in [-0.39, 0.29) is 6.61 Å². The molecule has 0 bridgehead atoms. The van der Waals surface area contributed by atoms with Crippen LogP contribution in [0.4, 0.5) is 0 Å². The van der Waals surface area contributed by atoms with Crippen molar-refractivity contribution in [3.8, 4) is 0 Å². The highest BCUT2D eigenvalue weighted by Crippen LogP contribution is 2.12. The quantitative estimate of drug-likeness (QED) is 0.782. The molecule has 2 rings (SSSR count). The Morgan fingerprint density at radius 2 is 1.88 bits per heavy atom. The second kappa shape index (κ2) is 7.06. The third kappa shape index (κ3) is 4.19. The van der Waals surface area contributed by atoms with Gasteiger partial charge in [0.2, 0.25) is 0 Å². The van der Waals surface area contributed by atoms with Crippen molar-refractivity contribution in [3.63, 3.8) is 0 Å². The van der Waals surface area contributed by atoms with Crippen LogP contribution in [-0.4, -0.2) is 27.3 Å². The van der Waals surface area contributed by atoms with Gasteiger partial charge in [-0.3, -0.25) is 0 Å². The largest absolute Gasteiger partial charge is 0.400 e. The van der Waals surface area contributed by atoms with E-state index in [2.05, 4.69) is 9.97 Å². The lowest BCUT2D eigenvalue weighted by molar-refractivity contribution is 0.277. The summed E-state index contributed by atoms with van der Waals surface area (Å²) in [6.45, 7) is -0.00633. The zero-order chi connectivity index (χ0) is 12.7. The molecule has 0 saturated heterocycles. The number of aromatic amines is 1. The molecule has 0 atom stereocenters. The lowest BCUT2D eigenvalue weighted by Crippen LogP contribution is -1.91. The predicted octanol–water partition coefficient (Wildman–Crippen LogP) is 1.75. The highest BCUT2D eigenvalue weighted by atomic mass is 35.5. The summed E-state index contributed by atoms with van der Waals surface area (Å²) in [6, 6.07) is 7.63. The van der Waals surface area contributed by atoms with Gasteiger partial charge in [-0.1, -0.05) is 23.7 Å². The molecular formula is C12H15ClN2O2. The summed E-state index contributed by atoms with van der Waals surface area (Å²) in [5, 5.41) is 16.6. The zero-order valence-corrected chi connectivity index (χ0v) is 10.3. The number of nitrogens with zero attached hydrogens (tertiary/aromatic N) is 1. The van der Waals surface area contributed by atoms with Crippen molar-refractivity contribution in [1.29, 1.82) is 0 Å². The van der Waals surface area contributed by atoms with E-state index in [0.29, 0.717) is 0 Å². The van der Waals surface area contributed by atoms with Crippen LogP contribution in [0.3, 0.4) is 0 Å². The highest BCUT2D eigenvalue weighted by molar-refractivity contribution is 6.30. The fourth-order valence-electron chi connectivity index (χ4n) is 1.37. The molecule has 1 aromatic heterocycles. The number of rotatable bonds is 3. The van der Waals surface area contributed by atoms with Crippen molar-refractivity contribution in [1.82, 2.24) is 9.97 Å². The van der Waals surface area contributed by atoms with Crippen LogP contribution in [0.15, 0.2) is 30.5 Å². The smallest absolute Gasteiger partial charge is 0.110 e. The average Bonchev–Trinajstić information content (AvgIpc) is 2.82. The predicted molar refractivity (Wildman–Crippen MR) is 66.9 cm³/mol. The molecule has 0 spiro atoms. The van der Waals surface area contributed by atoms with E-state index >= 15 is 0 Å². The van der Waals surface area contributed by atoms with E-state index in [1.165, 1.54) is 0 Å². The first-order valence-corrected chi connectivity index (χ1v) is 5.48. The van der Waals surface area contributed by atoms with Crippen LogP contribution in [0.25, 0.3) is 0 Å². The maximum absolute atomic E-state index is 8.86. The van der Waals surface area contributed by atoms with Gasteiger partial charge in [-0.25, -0.2) is 4.98 Å². The van der Waals surface area contributed by atoms with Crippen molar-refractivity contribution in [2.75, 3.05) is 7.11 Å². The Bertz CT molecular complexity index is 440. The van der Waals surface area contributed by atoms with Gasteiger partial charge in [-0.15, -0.1) is 0 Å². The monoisotopic (exact) mass is 254 g/mol. The number of imidazole rings is 1. The molecule has 4 nitrogen and oxygen atoms in total. The van der Waals surface area contributed by atoms with Crippen LogP contribution in [-0.2, 0) is 13.0 Å². The average molecular weight is 255 g/mol. The van der Waals surface area contributed by atoms with Crippen LogP contribution >= 0.6 is 11.6 Å². The van der Waals surface area contributed by atoms with E-state index in [1.807, 2.05) is 24.3 Å². The maximum Gasteiger partial charge on any atom is 0.110 e. The lowest BCUT2D eigenvalue weighted by atomic mass is 10.1. The van der Waals surface area contributed by atoms with Gasteiger partial charge >= 0.3 is 0 Å². The maximum atomic E-state index is 8.86. The van der Waals surface area contributed by atoms with Gasteiger partial charge in [0, 0.05) is 18.6 Å². The van der Waals surface area contributed by atoms with E-state index < -0.39 is 0 Å². The number of nitrogens with one attached hydrogen (secondary N) is 1. The molecule has 0 saturated carbocycles. The molecule has 1 heterocycles. The van der Waals surface area contributed by atoms with Gasteiger partial charge < -0.3 is 15.2 Å². The third-order valence-electron chi connectivity index (χ3n) is 2.14. The van der Waals surface area contributed by atoms with Crippen molar-refractivity contribution in [3.05, 3.63) is 52.6 Å². The van der Waals surface area contributed by atoms with Gasteiger partial charge in [-0.05, 0) is 17.7 Å². The standard InChI is InChI=1S/C11H11ClN2O.CH4O/c12-9-3-1-8(2-4-9)5-11-13-6-10(7-15)14-11;1-2/h1-4,6,15H,5,7H2,(H,13,14);2H,1H3. The summed E-state index contributed by atoms with van der Waals surface area (Å²) < 4.78 is 0. The van der Waals surface area contributed by atoms with Gasteiger partial charge in [0.15, 0.2) is 0 Å². The first kappa shape index (κ1) is 13.7. The lowest BCUT2D eigenvalue weighted by Gasteiger charge is -1.98. The Labute approximate surface area is 105 Å². The van der Waals surface area contributed by atoms with Crippen LogP contribution in [0, 0.1) is 0 Å². The second-order valence-electron chi connectivity index (χ2n) is 3.32. The van der Waals surface area contributed by atoms with Crippen LogP contribution in [0.5, 0.6) is 0 Å². The normalized spacial score (nSPS) is 9.65. The molecule has 0 radical (unpaired) electrons. The number of aliphatic hydroxyl groups excluding tert-OH is 2. The van der Waals surface area contributed by atoms with Gasteiger partial charge in [0.05, 0.1) is 18.5 Å². The van der Waals surface area contributed by atoms with Crippen molar-refractivity contribution in [2.45, 2.75) is 13.0 Å². The first-order chi connectivity index (χ1) is 8.28. The van der Waals surface area contributed by atoms with Gasteiger partial charge in [-0.2, -0.15) is 0 Å². The summed E-state index contributed by atoms with van der Waals surface area (Å²) in [4.78, 5) is 7.19. The van der Waals surface area contributed by atoms with Crippen LogP contribution in [0.1, 0.15) is 17.1 Å². The molecule has 3 N–H and O–H groups in total. The number of hydrogen-bond acceptors (Lipinski definition) is 3. The molecular weight excluding hydrogens is 240 g/mol. The number of hydrogen-bond donors (Lipinski definition) is 3. The Kier molecular flexibility index (Phi) is 5.69. The number of H-pyrrole nitrogens is 1. The first-order valence-electron chi connectivity index (χ1n) is 5.10. The Balaban J connectivity index is 0.000000686. The van der Waals surface area contributed by atoms with Crippen LogP contribution < -0.4 is 0 Å². The van der Waals surface area contributed by atoms with E-state index in [4.69, 9.17) is 21.8 Å². The zero-order valence-electron chi connectivity index (χ0n) is 9.52. The van der Waals surface area contributed by atoms with Crippen molar-refractivity contribution in [2.24, 2.45) is 0 Å². The minimum absolute atomic E-state index is 0.00633. The molecule has 1 aromatic carbocycles. The highest BCUT2D eigenvalue weighted by Gasteiger charge is 2.01. The molecule has 0 unspecified atom stereocenters. The van der Waals surface area contributed by atoms with Gasteiger partial charge in [0.1, 0.15) is 5.82 Å². The number of benzene rings is 1. The summed E-state index contributed by atoms with van der Waals surface area (Å²) in [6.07, 6.45) is 2.36. The van der Waals surface area contributed by atoms with Crippen molar-refractivity contribution >= 4 is 11.6 Å². The molecule has 5 heteroatoms. The number of halogens is 1. The Morgan fingerprint density at radius 1 is 1.24 bits per heavy atom. The number of aliphatic hydroxyl groups is 2. The Hall–Kier alpha value is -1.36. The van der Waals surface area contributed by atoms with E-state index in [0.717, 1.165) is 35.6 Å². The van der Waals surface area contributed by atoms with E-state index in [9.17, 15) is 0 Å². The van der Waals surface area contributed by atoms with Crippen molar-refractivity contribution < 1.29 is 10.2 Å². The fourth-order valence-corrected chi connectivity index (χ4v) is 1.50. The van der Waals surface area contributed by atoms with Crippen LogP contribution in [0.2, 0.25) is 5.02 Å².